The van der Waals surface area contributed by atoms with E-state index in [0.717, 1.165) is 25.0 Å². The number of rotatable bonds is 2. The summed E-state index contributed by atoms with van der Waals surface area (Å²) < 4.78 is 33.8. The van der Waals surface area contributed by atoms with Gasteiger partial charge in [0.05, 0.1) is 12.2 Å². The van der Waals surface area contributed by atoms with Gasteiger partial charge >= 0.3 is 0 Å². The lowest BCUT2D eigenvalue weighted by atomic mass is 10.1. The standard InChI is InChI=1S/C13H15F2N3O/c14-10-3-7(13(16)17)4-11(15)12(10)18-5-8-1-2-9(6-18)19-8/h3-4,8-9H,1-2,5-6H2,(H3,16,17). The molecule has 2 bridgehead atoms. The second-order valence-electron chi connectivity index (χ2n) is 5.06. The van der Waals surface area contributed by atoms with Gasteiger partial charge in [-0.1, -0.05) is 0 Å². The van der Waals surface area contributed by atoms with Crippen molar-refractivity contribution in [3.05, 3.63) is 29.3 Å². The molecule has 3 N–H and O–H groups in total. The van der Waals surface area contributed by atoms with E-state index in [9.17, 15) is 8.78 Å². The molecule has 0 spiro atoms. The average Bonchev–Trinajstić information content (AvgIpc) is 2.67. The maximum absolute atomic E-state index is 14.1. The van der Waals surface area contributed by atoms with Crippen LogP contribution >= 0.6 is 0 Å². The van der Waals surface area contributed by atoms with Crippen molar-refractivity contribution in [2.75, 3.05) is 18.0 Å². The van der Waals surface area contributed by atoms with Gasteiger partial charge in [-0.3, -0.25) is 5.41 Å². The maximum atomic E-state index is 14.1. The fraction of sp³-hybridized carbons (Fsp3) is 0.462. The van der Waals surface area contributed by atoms with Gasteiger partial charge in [0, 0.05) is 18.7 Å². The second kappa shape index (κ2) is 4.45. The number of ether oxygens (including phenoxy) is 1. The predicted molar refractivity (Wildman–Crippen MR) is 67.5 cm³/mol. The molecule has 2 aliphatic heterocycles. The minimum atomic E-state index is -0.675. The summed E-state index contributed by atoms with van der Waals surface area (Å²) in [5.41, 5.74) is 5.28. The topological polar surface area (TPSA) is 62.3 Å². The Labute approximate surface area is 109 Å². The fourth-order valence-corrected chi connectivity index (χ4v) is 2.82. The maximum Gasteiger partial charge on any atom is 0.150 e. The molecule has 2 atom stereocenters. The van der Waals surface area contributed by atoms with Gasteiger partial charge in [-0.2, -0.15) is 0 Å². The molecule has 0 aromatic heterocycles. The van der Waals surface area contributed by atoms with Crippen LogP contribution in [0.3, 0.4) is 0 Å². The van der Waals surface area contributed by atoms with Crippen LogP contribution in [0, 0.1) is 17.0 Å². The van der Waals surface area contributed by atoms with E-state index < -0.39 is 11.6 Å². The van der Waals surface area contributed by atoms with Crippen LogP contribution in [-0.4, -0.2) is 31.1 Å². The molecule has 3 rings (SSSR count). The summed E-state index contributed by atoms with van der Waals surface area (Å²) in [6.07, 6.45) is 2.00. The molecule has 0 radical (unpaired) electrons. The molecule has 1 aromatic rings. The Hall–Kier alpha value is -1.69. The van der Waals surface area contributed by atoms with Crippen LogP contribution < -0.4 is 10.6 Å². The molecule has 0 saturated carbocycles. The van der Waals surface area contributed by atoms with Gasteiger partial charge < -0.3 is 15.4 Å². The molecule has 2 saturated heterocycles. The first-order valence-electron chi connectivity index (χ1n) is 6.28. The lowest BCUT2D eigenvalue weighted by molar-refractivity contribution is 0.0300. The van der Waals surface area contributed by atoms with Gasteiger partial charge in [-0.15, -0.1) is 0 Å². The first-order valence-corrected chi connectivity index (χ1v) is 6.28. The van der Waals surface area contributed by atoms with E-state index in [-0.39, 0.29) is 29.3 Å². The summed E-state index contributed by atoms with van der Waals surface area (Å²) in [6.45, 7) is 1.01. The number of benzene rings is 1. The third-order valence-electron chi connectivity index (χ3n) is 3.69. The zero-order valence-corrected chi connectivity index (χ0v) is 10.3. The van der Waals surface area contributed by atoms with Crippen molar-refractivity contribution in [1.82, 2.24) is 0 Å². The van der Waals surface area contributed by atoms with E-state index >= 15 is 0 Å². The number of hydrogen-bond acceptors (Lipinski definition) is 3. The number of nitrogens with one attached hydrogen (secondary N) is 1. The fourth-order valence-electron chi connectivity index (χ4n) is 2.82. The SMILES string of the molecule is N=C(N)c1cc(F)c(N2CC3CCC(C2)O3)c(F)c1. The molecular formula is C13H15F2N3O. The van der Waals surface area contributed by atoms with Crippen molar-refractivity contribution in [2.45, 2.75) is 25.0 Å². The molecule has 2 heterocycles. The molecule has 2 unspecified atom stereocenters. The number of anilines is 1. The zero-order chi connectivity index (χ0) is 13.6. The highest BCUT2D eigenvalue weighted by atomic mass is 19.1. The Morgan fingerprint density at radius 2 is 1.74 bits per heavy atom. The number of fused-ring (bicyclic) bond motifs is 2. The third-order valence-corrected chi connectivity index (χ3v) is 3.69. The Morgan fingerprint density at radius 3 is 2.21 bits per heavy atom. The lowest BCUT2D eigenvalue weighted by Gasteiger charge is -2.34. The van der Waals surface area contributed by atoms with Crippen LogP contribution in [0.1, 0.15) is 18.4 Å². The molecule has 2 fully saturated rings. The molecule has 1 aromatic carbocycles. The van der Waals surface area contributed by atoms with Crippen LogP contribution in [0.2, 0.25) is 0 Å². The van der Waals surface area contributed by atoms with Crippen LogP contribution in [0.15, 0.2) is 12.1 Å². The lowest BCUT2D eigenvalue weighted by Crippen LogP contribution is -2.43. The van der Waals surface area contributed by atoms with Crippen molar-refractivity contribution in [2.24, 2.45) is 5.73 Å². The molecule has 102 valence electrons. The Bertz CT molecular complexity index is 500. The summed E-state index contributed by atoms with van der Waals surface area (Å²) in [4.78, 5) is 1.69. The Balaban J connectivity index is 1.94. The molecule has 19 heavy (non-hydrogen) atoms. The quantitative estimate of drug-likeness (QED) is 0.632. The molecule has 0 aliphatic carbocycles. The molecule has 2 aliphatic rings. The number of nitrogen functional groups attached to an aromatic ring is 1. The van der Waals surface area contributed by atoms with Gasteiger partial charge in [0.2, 0.25) is 0 Å². The largest absolute Gasteiger partial charge is 0.384 e. The van der Waals surface area contributed by atoms with E-state index in [1.165, 1.54) is 0 Å². The van der Waals surface area contributed by atoms with Gasteiger partial charge in [-0.25, -0.2) is 8.78 Å². The molecular weight excluding hydrogens is 252 g/mol. The number of morpholine rings is 1. The number of nitrogens with zero attached hydrogens (tertiary/aromatic N) is 1. The van der Waals surface area contributed by atoms with Crippen molar-refractivity contribution in [1.29, 1.82) is 5.41 Å². The van der Waals surface area contributed by atoms with Crippen molar-refractivity contribution >= 4 is 11.5 Å². The minimum Gasteiger partial charge on any atom is -0.384 e. The highest BCUT2D eigenvalue weighted by molar-refractivity contribution is 5.95. The molecule has 4 nitrogen and oxygen atoms in total. The summed E-state index contributed by atoms with van der Waals surface area (Å²) in [6, 6.07) is 2.22. The summed E-state index contributed by atoms with van der Waals surface area (Å²) in [7, 11) is 0. The smallest absolute Gasteiger partial charge is 0.150 e. The van der Waals surface area contributed by atoms with Crippen LogP contribution in [0.5, 0.6) is 0 Å². The van der Waals surface area contributed by atoms with Crippen molar-refractivity contribution in [3.63, 3.8) is 0 Å². The number of halogens is 2. The zero-order valence-electron chi connectivity index (χ0n) is 10.3. The van der Waals surface area contributed by atoms with Crippen molar-refractivity contribution in [3.8, 4) is 0 Å². The highest BCUT2D eigenvalue weighted by Crippen LogP contribution is 2.32. The normalized spacial score (nSPS) is 25.7. The van der Waals surface area contributed by atoms with Gasteiger partial charge in [0.15, 0.2) is 0 Å². The van der Waals surface area contributed by atoms with E-state index in [2.05, 4.69) is 0 Å². The molecule has 6 heteroatoms. The van der Waals surface area contributed by atoms with E-state index in [0.29, 0.717) is 13.1 Å². The summed E-state index contributed by atoms with van der Waals surface area (Å²) in [5.74, 6) is -1.69. The Kier molecular flexibility index (Phi) is 2.89. The van der Waals surface area contributed by atoms with E-state index in [1.807, 2.05) is 0 Å². The van der Waals surface area contributed by atoms with Crippen LogP contribution in [-0.2, 0) is 4.74 Å². The number of nitrogens with two attached hydrogens (primary N) is 1. The monoisotopic (exact) mass is 267 g/mol. The van der Waals surface area contributed by atoms with Gasteiger partial charge in [0.1, 0.15) is 23.2 Å². The van der Waals surface area contributed by atoms with E-state index in [4.69, 9.17) is 15.9 Å². The molecule has 0 amide bonds. The van der Waals surface area contributed by atoms with Gasteiger partial charge in [0.25, 0.3) is 0 Å². The minimum absolute atomic E-state index is 0.0369. The predicted octanol–water partition coefficient (Wildman–Crippen LogP) is 1.62. The van der Waals surface area contributed by atoms with Crippen LogP contribution in [0.25, 0.3) is 0 Å². The number of amidine groups is 1. The highest BCUT2D eigenvalue weighted by Gasteiger charge is 2.35. The van der Waals surface area contributed by atoms with Crippen LogP contribution in [0.4, 0.5) is 14.5 Å². The van der Waals surface area contributed by atoms with Crippen molar-refractivity contribution < 1.29 is 13.5 Å². The summed E-state index contributed by atoms with van der Waals surface area (Å²) >= 11 is 0. The van der Waals surface area contributed by atoms with Gasteiger partial charge in [-0.05, 0) is 25.0 Å². The summed E-state index contributed by atoms with van der Waals surface area (Å²) in [5, 5.41) is 7.23. The first-order chi connectivity index (χ1) is 9.04. The first kappa shape index (κ1) is 12.3. The average molecular weight is 267 g/mol. The Morgan fingerprint density at radius 1 is 1.21 bits per heavy atom. The second-order valence-corrected chi connectivity index (χ2v) is 5.06. The van der Waals surface area contributed by atoms with E-state index in [1.54, 1.807) is 4.90 Å². The number of hydrogen-bond donors (Lipinski definition) is 2. The third kappa shape index (κ3) is 2.16.